The van der Waals surface area contributed by atoms with E-state index in [2.05, 4.69) is 16.8 Å². The van der Waals surface area contributed by atoms with E-state index in [1.165, 1.54) is 19.4 Å². The summed E-state index contributed by atoms with van der Waals surface area (Å²) in [4.78, 5) is 31.8. The summed E-state index contributed by atoms with van der Waals surface area (Å²) >= 11 is 1.66. The monoisotopic (exact) mass is 502 g/mol. The Kier molecular flexibility index (Phi) is 6.43. The summed E-state index contributed by atoms with van der Waals surface area (Å²) in [7, 11) is 0. The quantitative estimate of drug-likeness (QED) is 0.413. The average molecular weight is 503 g/mol. The first-order chi connectivity index (χ1) is 17.3. The number of rotatable bonds is 8. The number of ether oxygens (including phenoxy) is 1. The number of aliphatic carboxylic acids is 1. The fourth-order valence-electron chi connectivity index (χ4n) is 4.95. The molecule has 6 nitrogen and oxygen atoms in total. The number of aliphatic imine (C=N–C) groups is 1. The normalized spacial score (nSPS) is 17.0. The molecule has 0 bridgehead atoms. The SMILES string of the molecule is CC(C)(Oc1cccc(-c2ccc(CN3C(=O)C4(CCCC4)N=C3Cc3ccsc3)cc2)c1)C(=O)O. The van der Waals surface area contributed by atoms with Crippen molar-refractivity contribution in [3.8, 4) is 16.9 Å². The number of carboxylic acids is 1. The van der Waals surface area contributed by atoms with Crippen molar-refractivity contribution in [1.29, 1.82) is 0 Å². The highest BCUT2D eigenvalue weighted by Crippen LogP contribution is 2.40. The molecule has 2 aliphatic rings. The van der Waals surface area contributed by atoms with Crippen LogP contribution in [0.15, 0.2) is 70.3 Å². The van der Waals surface area contributed by atoms with E-state index in [0.717, 1.165) is 48.2 Å². The maximum Gasteiger partial charge on any atom is 0.347 e. The fourth-order valence-corrected chi connectivity index (χ4v) is 5.61. The summed E-state index contributed by atoms with van der Waals surface area (Å²) in [5.41, 5.74) is 2.28. The van der Waals surface area contributed by atoms with Crippen LogP contribution >= 0.6 is 11.3 Å². The van der Waals surface area contributed by atoms with Crippen molar-refractivity contribution in [2.45, 2.75) is 63.6 Å². The van der Waals surface area contributed by atoms with Crippen molar-refractivity contribution in [3.63, 3.8) is 0 Å². The van der Waals surface area contributed by atoms with Crippen LogP contribution in [-0.4, -0.2) is 38.9 Å². The molecular formula is C29H30N2O4S. The number of carbonyl (C=O) groups excluding carboxylic acids is 1. The van der Waals surface area contributed by atoms with Crippen LogP contribution in [0.4, 0.5) is 0 Å². The highest BCUT2D eigenvalue weighted by molar-refractivity contribution is 7.08. The molecular weight excluding hydrogens is 472 g/mol. The van der Waals surface area contributed by atoms with Gasteiger partial charge in [-0.05, 0) is 77.9 Å². The number of thiophene rings is 1. The third-order valence-electron chi connectivity index (χ3n) is 7.02. The standard InChI is InChI=1S/C29H30N2O4S/c1-28(2,27(33)34)35-24-7-5-6-23(17-24)22-10-8-20(9-11-22)18-31-25(16-21-12-15-36-19-21)30-29(26(31)32)13-3-4-14-29/h5-12,15,17,19H,3-4,13-14,16,18H2,1-2H3,(H,33,34). The van der Waals surface area contributed by atoms with Crippen molar-refractivity contribution >= 4 is 29.0 Å². The molecule has 3 aromatic rings. The number of benzene rings is 2. The number of carbonyl (C=O) groups is 2. The molecule has 36 heavy (non-hydrogen) atoms. The van der Waals surface area contributed by atoms with Gasteiger partial charge in [0.05, 0.1) is 6.54 Å². The van der Waals surface area contributed by atoms with Gasteiger partial charge in [0.25, 0.3) is 5.91 Å². The zero-order valence-corrected chi connectivity index (χ0v) is 21.4. The third-order valence-corrected chi connectivity index (χ3v) is 7.75. The largest absolute Gasteiger partial charge is 0.478 e. The highest BCUT2D eigenvalue weighted by atomic mass is 32.1. The molecule has 1 aromatic heterocycles. The van der Waals surface area contributed by atoms with E-state index in [-0.39, 0.29) is 5.91 Å². The van der Waals surface area contributed by atoms with E-state index < -0.39 is 17.1 Å². The Morgan fingerprint density at radius 3 is 2.50 bits per heavy atom. The van der Waals surface area contributed by atoms with Crippen LogP contribution in [0.3, 0.4) is 0 Å². The second kappa shape index (κ2) is 9.54. The van der Waals surface area contributed by atoms with Crippen LogP contribution in [0.5, 0.6) is 5.75 Å². The van der Waals surface area contributed by atoms with Crippen molar-refractivity contribution in [3.05, 3.63) is 76.5 Å². The number of carboxylic acid groups (broad SMARTS) is 1. The molecule has 0 radical (unpaired) electrons. The van der Waals surface area contributed by atoms with E-state index in [1.807, 2.05) is 47.4 Å². The minimum atomic E-state index is -1.32. The van der Waals surface area contributed by atoms with Crippen molar-refractivity contribution in [1.82, 2.24) is 4.90 Å². The Hall–Kier alpha value is -3.45. The molecule has 1 fully saturated rings. The second-order valence-electron chi connectivity index (χ2n) is 10.1. The van der Waals surface area contributed by atoms with Gasteiger partial charge in [-0.25, -0.2) is 4.79 Å². The molecule has 1 aliphatic carbocycles. The predicted molar refractivity (Wildman–Crippen MR) is 141 cm³/mol. The molecule has 2 heterocycles. The molecule has 1 aliphatic heterocycles. The summed E-state index contributed by atoms with van der Waals surface area (Å²) in [5.74, 6) is 0.494. The minimum Gasteiger partial charge on any atom is -0.478 e. The van der Waals surface area contributed by atoms with Gasteiger partial charge in [0.1, 0.15) is 17.1 Å². The van der Waals surface area contributed by atoms with Gasteiger partial charge in [-0.2, -0.15) is 11.3 Å². The van der Waals surface area contributed by atoms with Gasteiger partial charge in [0, 0.05) is 6.42 Å². The lowest BCUT2D eigenvalue weighted by molar-refractivity contribution is -0.152. The molecule has 0 atom stereocenters. The third kappa shape index (κ3) is 4.80. The molecule has 1 saturated carbocycles. The van der Waals surface area contributed by atoms with Crippen molar-refractivity contribution in [2.24, 2.45) is 4.99 Å². The van der Waals surface area contributed by atoms with E-state index >= 15 is 0 Å². The summed E-state index contributed by atoms with van der Waals surface area (Å²) in [6, 6.07) is 17.7. The van der Waals surface area contributed by atoms with Gasteiger partial charge in [-0.15, -0.1) is 0 Å². The first kappa shape index (κ1) is 24.3. The predicted octanol–water partition coefficient (Wildman–Crippen LogP) is 5.95. The smallest absolute Gasteiger partial charge is 0.347 e. The number of nitrogens with zero attached hydrogens (tertiary/aromatic N) is 2. The zero-order valence-electron chi connectivity index (χ0n) is 20.6. The molecule has 1 amide bonds. The van der Waals surface area contributed by atoms with Crippen LogP contribution in [0.2, 0.25) is 0 Å². The van der Waals surface area contributed by atoms with E-state index in [1.54, 1.807) is 17.4 Å². The summed E-state index contributed by atoms with van der Waals surface area (Å²) in [5, 5.41) is 13.5. The Morgan fingerprint density at radius 1 is 1.08 bits per heavy atom. The van der Waals surface area contributed by atoms with Gasteiger partial charge in [0.2, 0.25) is 0 Å². The first-order valence-electron chi connectivity index (χ1n) is 12.3. The van der Waals surface area contributed by atoms with Crippen LogP contribution < -0.4 is 4.74 Å². The topological polar surface area (TPSA) is 79.2 Å². The van der Waals surface area contributed by atoms with E-state index in [9.17, 15) is 14.7 Å². The molecule has 1 N–H and O–H groups in total. The Labute approximate surface area is 215 Å². The molecule has 186 valence electrons. The van der Waals surface area contributed by atoms with Crippen molar-refractivity contribution < 1.29 is 19.4 Å². The van der Waals surface area contributed by atoms with Crippen molar-refractivity contribution in [2.75, 3.05) is 0 Å². The summed E-state index contributed by atoms with van der Waals surface area (Å²) in [6.07, 6.45) is 4.46. The minimum absolute atomic E-state index is 0.139. The summed E-state index contributed by atoms with van der Waals surface area (Å²) < 4.78 is 5.69. The summed E-state index contributed by atoms with van der Waals surface area (Å²) in [6.45, 7) is 3.56. The molecule has 5 rings (SSSR count). The van der Waals surface area contributed by atoms with Gasteiger partial charge >= 0.3 is 5.97 Å². The molecule has 0 unspecified atom stereocenters. The number of hydrogen-bond acceptors (Lipinski definition) is 5. The molecule has 2 aromatic carbocycles. The number of amides is 1. The maximum absolute atomic E-state index is 13.5. The molecule has 0 saturated heterocycles. The van der Waals surface area contributed by atoms with Gasteiger partial charge in [-0.1, -0.05) is 49.2 Å². The fraction of sp³-hybridized carbons (Fsp3) is 0.345. The Bertz CT molecular complexity index is 1290. The lowest BCUT2D eigenvalue weighted by Gasteiger charge is -2.23. The van der Waals surface area contributed by atoms with Crippen LogP contribution in [0.1, 0.15) is 50.7 Å². The van der Waals surface area contributed by atoms with E-state index in [0.29, 0.717) is 18.7 Å². The first-order valence-corrected chi connectivity index (χ1v) is 13.2. The zero-order chi connectivity index (χ0) is 25.3. The van der Waals surface area contributed by atoms with Crippen LogP contribution in [0.25, 0.3) is 11.1 Å². The number of amidine groups is 1. The van der Waals surface area contributed by atoms with Gasteiger partial charge in [0.15, 0.2) is 5.60 Å². The van der Waals surface area contributed by atoms with Gasteiger partial charge in [-0.3, -0.25) is 14.7 Å². The average Bonchev–Trinajstić information content (AvgIpc) is 3.59. The molecule has 1 spiro atoms. The maximum atomic E-state index is 13.5. The van der Waals surface area contributed by atoms with Gasteiger partial charge < -0.3 is 9.84 Å². The lowest BCUT2D eigenvalue weighted by Crippen LogP contribution is -2.41. The highest BCUT2D eigenvalue weighted by Gasteiger charge is 2.49. The van der Waals surface area contributed by atoms with Crippen LogP contribution in [0, 0.1) is 0 Å². The lowest BCUT2D eigenvalue weighted by atomic mass is 9.98. The number of hydrogen-bond donors (Lipinski definition) is 1. The Morgan fingerprint density at radius 2 is 1.83 bits per heavy atom. The van der Waals surface area contributed by atoms with E-state index in [4.69, 9.17) is 9.73 Å². The van der Waals surface area contributed by atoms with Crippen LogP contribution in [-0.2, 0) is 22.6 Å². The molecule has 7 heteroatoms. The Balaban J connectivity index is 1.34. The second-order valence-corrected chi connectivity index (χ2v) is 10.9.